The predicted molar refractivity (Wildman–Crippen MR) is 126 cm³/mol. The van der Waals surface area contributed by atoms with Crippen molar-refractivity contribution in [3.8, 4) is 28.4 Å². The molecule has 0 unspecified atom stereocenters. The number of halogens is 3. The number of rotatable bonds is 6. The van der Waals surface area contributed by atoms with Crippen LogP contribution >= 0.6 is 0 Å². The van der Waals surface area contributed by atoms with E-state index in [-0.39, 0.29) is 5.69 Å². The van der Waals surface area contributed by atoms with Gasteiger partial charge in [-0.3, -0.25) is 4.72 Å². The molecule has 9 heteroatoms. The van der Waals surface area contributed by atoms with Gasteiger partial charge in [0.25, 0.3) is 0 Å². The molecule has 34 heavy (non-hydrogen) atoms. The summed E-state index contributed by atoms with van der Waals surface area (Å²) in [6.07, 6.45) is 0. The Morgan fingerprint density at radius 2 is 1.50 bits per heavy atom. The van der Waals surface area contributed by atoms with Crippen molar-refractivity contribution in [3.05, 3.63) is 84.4 Å². The van der Waals surface area contributed by atoms with Crippen LogP contribution < -0.4 is 14.2 Å². The molecular formula is C25H20F3NO4S. The van der Waals surface area contributed by atoms with Gasteiger partial charge in [0, 0.05) is 16.6 Å². The molecule has 0 heterocycles. The predicted octanol–water partition coefficient (Wildman–Crippen LogP) is 6.88. The van der Waals surface area contributed by atoms with Crippen molar-refractivity contribution >= 4 is 26.5 Å². The molecule has 0 radical (unpaired) electrons. The van der Waals surface area contributed by atoms with Gasteiger partial charge in [-0.15, -0.1) is 0 Å². The van der Waals surface area contributed by atoms with Crippen molar-refractivity contribution in [3.63, 3.8) is 0 Å². The summed E-state index contributed by atoms with van der Waals surface area (Å²) in [7, 11) is -3.93. The Hall–Kier alpha value is -3.72. The number of sulfonamides is 1. The monoisotopic (exact) mass is 487 g/mol. The van der Waals surface area contributed by atoms with E-state index in [1.54, 1.807) is 7.11 Å². The first-order valence-electron chi connectivity index (χ1n) is 10.1. The van der Waals surface area contributed by atoms with Crippen LogP contribution in [0.15, 0.2) is 78.9 Å². The number of anilines is 1. The third kappa shape index (κ3) is 4.65. The number of methoxy groups -OCH3 is 1. The Bertz CT molecular complexity index is 1440. The summed E-state index contributed by atoms with van der Waals surface area (Å²) in [6, 6.07) is 22.5. The van der Waals surface area contributed by atoms with Crippen LogP contribution in [0.4, 0.5) is 18.9 Å². The summed E-state index contributed by atoms with van der Waals surface area (Å²) in [5.41, 5.74) is -2.89. The van der Waals surface area contributed by atoms with Crippen LogP contribution in [0.1, 0.15) is 5.56 Å². The van der Waals surface area contributed by atoms with E-state index in [4.69, 9.17) is 9.47 Å². The van der Waals surface area contributed by atoms with Crippen molar-refractivity contribution in [2.75, 3.05) is 11.8 Å². The first kappa shape index (κ1) is 23.4. The highest BCUT2D eigenvalue weighted by molar-refractivity contribution is 7.93. The smallest absolute Gasteiger partial charge is 0.497 e. The van der Waals surface area contributed by atoms with Gasteiger partial charge in [-0.25, -0.2) is 0 Å². The fourth-order valence-electron chi connectivity index (χ4n) is 3.60. The Balaban J connectivity index is 1.77. The van der Waals surface area contributed by atoms with Crippen LogP contribution in [0.5, 0.6) is 17.2 Å². The fraction of sp³-hybridized carbons (Fsp3) is 0.120. The maximum atomic E-state index is 12.6. The molecule has 0 spiro atoms. The molecule has 0 amide bonds. The van der Waals surface area contributed by atoms with Crippen LogP contribution in [-0.2, 0) is 10.0 Å². The first-order chi connectivity index (χ1) is 16.1. The SMILES string of the molecule is COc1ccc2c(Oc3ccc(NS(=O)(=O)C(F)(F)F)cc3)c(-c3ccccc3)c(C)cc2c1. The summed E-state index contributed by atoms with van der Waals surface area (Å²) in [5.74, 6) is 1.58. The van der Waals surface area contributed by atoms with Crippen LogP contribution in [0, 0.1) is 6.92 Å². The lowest BCUT2D eigenvalue weighted by Crippen LogP contribution is -2.29. The van der Waals surface area contributed by atoms with Gasteiger partial charge in [0.1, 0.15) is 17.2 Å². The highest BCUT2D eigenvalue weighted by atomic mass is 32.2. The van der Waals surface area contributed by atoms with Gasteiger partial charge in [-0.05, 0) is 65.9 Å². The van der Waals surface area contributed by atoms with Crippen molar-refractivity contribution in [1.82, 2.24) is 0 Å². The summed E-state index contributed by atoms with van der Waals surface area (Å²) >= 11 is 0. The topological polar surface area (TPSA) is 64.6 Å². The number of aryl methyl sites for hydroxylation is 1. The van der Waals surface area contributed by atoms with Gasteiger partial charge >= 0.3 is 15.5 Å². The number of hydrogen-bond donors (Lipinski definition) is 1. The van der Waals surface area contributed by atoms with Crippen molar-refractivity contribution in [2.45, 2.75) is 12.4 Å². The maximum Gasteiger partial charge on any atom is 0.516 e. The third-order valence-corrected chi connectivity index (χ3v) is 6.30. The van der Waals surface area contributed by atoms with E-state index in [1.807, 2.05) is 61.5 Å². The molecular weight excluding hydrogens is 467 g/mol. The molecule has 0 aliphatic heterocycles. The Kier molecular flexibility index (Phi) is 6.14. The summed E-state index contributed by atoms with van der Waals surface area (Å²) in [5, 5.41) is 1.70. The highest BCUT2D eigenvalue weighted by Crippen LogP contribution is 2.43. The lowest BCUT2D eigenvalue weighted by Gasteiger charge is -2.18. The summed E-state index contributed by atoms with van der Waals surface area (Å²) in [4.78, 5) is 0. The van der Waals surface area contributed by atoms with Crippen molar-refractivity contribution in [2.24, 2.45) is 0 Å². The number of alkyl halides is 3. The molecule has 0 aliphatic carbocycles. The van der Waals surface area contributed by atoms with E-state index in [1.165, 1.54) is 29.0 Å². The number of nitrogens with one attached hydrogen (secondary N) is 1. The molecule has 0 aromatic heterocycles. The van der Waals surface area contributed by atoms with E-state index in [2.05, 4.69) is 0 Å². The van der Waals surface area contributed by atoms with E-state index in [9.17, 15) is 21.6 Å². The van der Waals surface area contributed by atoms with Crippen LogP contribution in [0.25, 0.3) is 21.9 Å². The minimum absolute atomic E-state index is 0.230. The number of hydrogen-bond acceptors (Lipinski definition) is 4. The zero-order chi connectivity index (χ0) is 24.5. The molecule has 0 aliphatic rings. The second-order valence-electron chi connectivity index (χ2n) is 7.53. The van der Waals surface area contributed by atoms with Crippen LogP contribution in [0.3, 0.4) is 0 Å². The van der Waals surface area contributed by atoms with Gasteiger partial charge in [-0.2, -0.15) is 21.6 Å². The first-order valence-corrected chi connectivity index (χ1v) is 11.6. The third-order valence-electron chi connectivity index (χ3n) is 5.19. The Morgan fingerprint density at radius 1 is 0.853 bits per heavy atom. The van der Waals surface area contributed by atoms with Crippen LogP contribution in [0.2, 0.25) is 0 Å². The molecule has 1 N–H and O–H groups in total. The van der Waals surface area contributed by atoms with Crippen LogP contribution in [-0.4, -0.2) is 21.0 Å². The van der Waals surface area contributed by atoms with E-state index in [0.29, 0.717) is 17.2 Å². The maximum absolute atomic E-state index is 12.6. The highest BCUT2D eigenvalue weighted by Gasteiger charge is 2.46. The van der Waals surface area contributed by atoms with E-state index < -0.39 is 15.5 Å². The van der Waals surface area contributed by atoms with Gasteiger partial charge in [0.2, 0.25) is 0 Å². The minimum Gasteiger partial charge on any atom is -0.497 e. The van der Waals surface area contributed by atoms with Crippen molar-refractivity contribution < 1.29 is 31.1 Å². The molecule has 4 aromatic carbocycles. The second-order valence-corrected chi connectivity index (χ2v) is 9.20. The molecule has 0 fully saturated rings. The molecule has 0 saturated carbocycles. The van der Waals surface area contributed by atoms with E-state index in [0.717, 1.165) is 27.5 Å². The lowest BCUT2D eigenvalue weighted by molar-refractivity contribution is -0.0429. The molecule has 5 nitrogen and oxygen atoms in total. The number of ether oxygens (including phenoxy) is 2. The average Bonchev–Trinajstić information content (AvgIpc) is 2.79. The Labute approximate surface area is 194 Å². The molecule has 176 valence electrons. The normalized spacial score (nSPS) is 11.9. The molecule has 4 rings (SSSR count). The lowest BCUT2D eigenvalue weighted by atomic mass is 9.94. The summed E-state index contributed by atoms with van der Waals surface area (Å²) < 4.78 is 73.8. The fourth-order valence-corrected chi connectivity index (χ4v) is 4.17. The number of benzene rings is 4. The van der Waals surface area contributed by atoms with Gasteiger partial charge in [-0.1, -0.05) is 36.4 Å². The van der Waals surface area contributed by atoms with Gasteiger partial charge in [0.05, 0.1) is 7.11 Å². The Morgan fingerprint density at radius 3 is 2.12 bits per heavy atom. The van der Waals surface area contributed by atoms with E-state index >= 15 is 0 Å². The molecule has 0 saturated heterocycles. The van der Waals surface area contributed by atoms with Gasteiger partial charge in [0.15, 0.2) is 0 Å². The zero-order valence-corrected chi connectivity index (χ0v) is 19.0. The summed E-state index contributed by atoms with van der Waals surface area (Å²) in [6.45, 7) is 1.96. The quantitative estimate of drug-likeness (QED) is 0.322. The average molecular weight is 487 g/mol. The molecule has 0 atom stereocenters. The standard InChI is InChI=1S/C25H20F3NO4S/c1-16-14-18-15-21(32-2)12-13-22(18)24(23(16)17-6-4-3-5-7-17)33-20-10-8-19(9-11-20)29-34(30,31)25(26,27)28/h3-15,29H,1-2H3. The largest absolute Gasteiger partial charge is 0.516 e. The minimum atomic E-state index is -5.51. The van der Waals surface area contributed by atoms with Gasteiger partial charge < -0.3 is 9.47 Å². The molecule has 4 aromatic rings. The number of fused-ring (bicyclic) bond motifs is 1. The zero-order valence-electron chi connectivity index (χ0n) is 18.2. The second kappa shape index (κ2) is 8.90. The van der Waals surface area contributed by atoms with Crippen molar-refractivity contribution in [1.29, 1.82) is 0 Å². The molecule has 0 bridgehead atoms.